The summed E-state index contributed by atoms with van der Waals surface area (Å²) in [5, 5.41) is 0. The van der Waals surface area contributed by atoms with Gasteiger partial charge in [-0.2, -0.15) is 0 Å². The van der Waals surface area contributed by atoms with E-state index >= 15 is 0 Å². The Kier molecular flexibility index (Phi) is 3.72. The number of carbonyl (C=O) groups is 1. The molecule has 0 saturated carbocycles. The summed E-state index contributed by atoms with van der Waals surface area (Å²) in [4.78, 5) is 13.1. The summed E-state index contributed by atoms with van der Waals surface area (Å²) >= 11 is 0. The van der Waals surface area contributed by atoms with Gasteiger partial charge in [0.1, 0.15) is 0 Å². The summed E-state index contributed by atoms with van der Waals surface area (Å²) in [7, 11) is 1.86. The Morgan fingerprint density at radius 2 is 2.31 bits per heavy atom. The predicted octanol–water partition coefficient (Wildman–Crippen LogP) is 1.28. The third kappa shape index (κ3) is 3.35. The van der Waals surface area contributed by atoms with Crippen molar-refractivity contribution in [3.63, 3.8) is 0 Å². The molecule has 1 aliphatic rings. The maximum atomic E-state index is 11.3. The van der Waals surface area contributed by atoms with Crippen LogP contribution in [0.5, 0.6) is 0 Å². The molecule has 0 aromatic carbocycles. The Morgan fingerprint density at radius 3 is 2.85 bits per heavy atom. The van der Waals surface area contributed by atoms with Gasteiger partial charge in [-0.1, -0.05) is 0 Å². The molecule has 1 amide bonds. The minimum absolute atomic E-state index is 0.253. The van der Waals surface area contributed by atoms with Crippen molar-refractivity contribution in [2.75, 3.05) is 20.2 Å². The van der Waals surface area contributed by atoms with Gasteiger partial charge in [-0.15, -0.1) is 0 Å². The van der Waals surface area contributed by atoms with Gasteiger partial charge in [0, 0.05) is 20.0 Å². The second kappa shape index (κ2) is 4.61. The highest BCUT2D eigenvalue weighted by Gasteiger charge is 2.23. The van der Waals surface area contributed by atoms with Gasteiger partial charge in [0.2, 0.25) is 5.91 Å². The molecule has 1 heterocycles. The topological polar surface area (TPSA) is 29.5 Å². The minimum Gasteiger partial charge on any atom is -0.378 e. The quantitative estimate of drug-likeness (QED) is 0.663. The largest absolute Gasteiger partial charge is 0.378 e. The second-order valence-electron chi connectivity index (χ2n) is 4.06. The highest BCUT2D eigenvalue weighted by atomic mass is 16.5. The number of hydrogen-bond acceptors (Lipinski definition) is 2. The smallest absolute Gasteiger partial charge is 0.222 e. The third-order valence-corrected chi connectivity index (χ3v) is 2.43. The van der Waals surface area contributed by atoms with Crippen LogP contribution >= 0.6 is 0 Å². The van der Waals surface area contributed by atoms with Crippen molar-refractivity contribution >= 4 is 5.91 Å². The summed E-state index contributed by atoms with van der Waals surface area (Å²) in [6, 6.07) is 0. The number of likely N-dealkylation sites (tertiary alicyclic amines) is 1. The Balaban J connectivity index is 2.25. The number of ether oxygens (including phenoxy) is 1. The molecule has 0 bridgehead atoms. The molecule has 1 aliphatic heterocycles. The fourth-order valence-corrected chi connectivity index (χ4v) is 1.48. The molecule has 3 heteroatoms. The first kappa shape index (κ1) is 10.5. The van der Waals surface area contributed by atoms with Crippen LogP contribution in [-0.2, 0) is 9.53 Å². The third-order valence-electron chi connectivity index (χ3n) is 2.43. The van der Waals surface area contributed by atoms with Gasteiger partial charge >= 0.3 is 0 Å². The van der Waals surface area contributed by atoms with Crippen LogP contribution in [0.4, 0.5) is 0 Å². The molecular formula is C10H19NO2. The molecule has 1 atom stereocenters. The van der Waals surface area contributed by atoms with Crippen LogP contribution in [0, 0.1) is 5.92 Å². The van der Waals surface area contributed by atoms with Gasteiger partial charge in [-0.3, -0.25) is 4.79 Å². The minimum atomic E-state index is 0.253. The van der Waals surface area contributed by atoms with Gasteiger partial charge in [0.25, 0.3) is 0 Å². The lowest BCUT2D eigenvalue weighted by Crippen LogP contribution is -2.37. The summed E-state index contributed by atoms with van der Waals surface area (Å²) in [6.07, 6.45) is 2.01. The zero-order chi connectivity index (χ0) is 9.84. The molecule has 1 rings (SSSR count). The summed E-state index contributed by atoms with van der Waals surface area (Å²) in [5.74, 6) is 0.690. The summed E-state index contributed by atoms with van der Waals surface area (Å²) < 4.78 is 5.49. The number of amides is 1. The molecule has 0 aromatic rings. The van der Waals surface area contributed by atoms with Crippen molar-refractivity contribution in [3.05, 3.63) is 0 Å². The Morgan fingerprint density at radius 1 is 1.62 bits per heavy atom. The lowest BCUT2D eigenvalue weighted by Gasteiger charge is -2.28. The molecule has 3 nitrogen and oxygen atoms in total. The average molecular weight is 185 g/mol. The molecule has 0 N–H and O–H groups in total. The van der Waals surface area contributed by atoms with Crippen LogP contribution in [0.15, 0.2) is 0 Å². The van der Waals surface area contributed by atoms with Crippen LogP contribution in [0.25, 0.3) is 0 Å². The van der Waals surface area contributed by atoms with Crippen LogP contribution in [0.2, 0.25) is 0 Å². The van der Waals surface area contributed by atoms with Crippen molar-refractivity contribution in [2.24, 2.45) is 5.92 Å². The van der Waals surface area contributed by atoms with E-state index in [1.807, 2.05) is 20.9 Å². The van der Waals surface area contributed by atoms with Gasteiger partial charge in [-0.05, 0) is 26.2 Å². The first-order chi connectivity index (χ1) is 6.09. The number of hydrogen-bond donors (Lipinski definition) is 0. The van der Waals surface area contributed by atoms with Crippen molar-refractivity contribution in [1.29, 1.82) is 0 Å². The number of piperidine rings is 1. The molecule has 13 heavy (non-hydrogen) atoms. The van der Waals surface area contributed by atoms with Gasteiger partial charge in [-0.25, -0.2) is 0 Å². The van der Waals surface area contributed by atoms with E-state index in [9.17, 15) is 4.79 Å². The summed E-state index contributed by atoms with van der Waals surface area (Å²) in [6.45, 7) is 5.66. The second-order valence-corrected chi connectivity index (χ2v) is 4.06. The number of nitrogens with zero attached hydrogens (tertiary/aromatic N) is 1. The van der Waals surface area contributed by atoms with E-state index in [1.165, 1.54) is 0 Å². The zero-order valence-corrected chi connectivity index (χ0v) is 8.75. The van der Waals surface area contributed by atoms with E-state index in [-0.39, 0.29) is 12.0 Å². The Labute approximate surface area is 80.1 Å². The molecule has 0 aliphatic carbocycles. The fourth-order valence-electron chi connectivity index (χ4n) is 1.48. The normalized spacial score (nSPS) is 24.2. The predicted molar refractivity (Wildman–Crippen MR) is 51.4 cm³/mol. The van der Waals surface area contributed by atoms with Gasteiger partial charge in [0.05, 0.1) is 12.7 Å². The Hall–Kier alpha value is -0.570. The van der Waals surface area contributed by atoms with Crippen molar-refractivity contribution < 1.29 is 9.53 Å². The van der Waals surface area contributed by atoms with Crippen LogP contribution in [-0.4, -0.2) is 37.1 Å². The van der Waals surface area contributed by atoms with Crippen molar-refractivity contribution in [3.8, 4) is 0 Å². The Bertz CT molecular complexity index is 180. The highest BCUT2D eigenvalue weighted by molar-refractivity contribution is 5.76. The summed E-state index contributed by atoms with van der Waals surface area (Å²) in [5.41, 5.74) is 0. The van der Waals surface area contributed by atoms with Crippen LogP contribution in [0.1, 0.15) is 26.7 Å². The van der Waals surface area contributed by atoms with Crippen molar-refractivity contribution in [2.45, 2.75) is 32.8 Å². The molecule has 0 spiro atoms. The standard InChI is InChI=1S/C10H19NO2/c1-8(2)13-7-9-4-5-11(3)10(12)6-9/h8-9H,4-7H2,1-3H3. The van der Waals surface area contributed by atoms with E-state index in [2.05, 4.69) is 0 Å². The average Bonchev–Trinajstić information content (AvgIpc) is 2.07. The molecule has 0 radical (unpaired) electrons. The highest BCUT2D eigenvalue weighted by Crippen LogP contribution is 2.17. The fraction of sp³-hybridized carbons (Fsp3) is 0.900. The van der Waals surface area contributed by atoms with Crippen LogP contribution in [0.3, 0.4) is 0 Å². The number of rotatable bonds is 3. The first-order valence-corrected chi connectivity index (χ1v) is 4.95. The molecule has 1 unspecified atom stereocenters. The van der Waals surface area contributed by atoms with Gasteiger partial charge < -0.3 is 9.64 Å². The van der Waals surface area contributed by atoms with Gasteiger partial charge in [0.15, 0.2) is 0 Å². The van der Waals surface area contributed by atoms with Crippen LogP contribution < -0.4 is 0 Å². The van der Waals surface area contributed by atoms with E-state index in [1.54, 1.807) is 4.90 Å². The zero-order valence-electron chi connectivity index (χ0n) is 8.75. The molecule has 1 saturated heterocycles. The SMILES string of the molecule is CC(C)OCC1CCN(C)C(=O)C1. The van der Waals surface area contributed by atoms with E-state index < -0.39 is 0 Å². The molecular weight excluding hydrogens is 166 g/mol. The van der Waals surface area contributed by atoms with E-state index in [0.29, 0.717) is 12.3 Å². The lowest BCUT2D eigenvalue weighted by atomic mass is 9.97. The maximum Gasteiger partial charge on any atom is 0.222 e. The number of carbonyl (C=O) groups excluding carboxylic acids is 1. The maximum absolute atomic E-state index is 11.3. The molecule has 0 aromatic heterocycles. The molecule has 76 valence electrons. The monoisotopic (exact) mass is 185 g/mol. The van der Waals surface area contributed by atoms with E-state index in [4.69, 9.17) is 4.74 Å². The van der Waals surface area contributed by atoms with E-state index in [0.717, 1.165) is 19.6 Å². The van der Waals surface area contributed by atoms with Crippen molar-refractivity contribution in [1.82, 2.24) is 4.90 Å². The lowest BCUT2D eigenvalue weighted by molar-refractivity contribution is -0.134. The first-order valence-electron chi connectivity index (χ1n) is 4.95. The molecule has 1 fully saturated rings.